The van der Waals surface area contributed by atoms with Gasteiger partial charge in [-0.3, -0.25) is 9.78 Å². The number of hydrogen-bond acceptors (Lipinski definition) is 7. The molecule has 2 aromatic heterocycles. The van der Waals surface area contributed by atoms with E-state index < -0.39 is 0 Å². The molecule has 0 atom stereocenters. The summed E-state index contributed by atoms with van der Waals surface area (Å²) in [6.07, 6.45) is 3.14. The van der Waals surface area contributed by atoms with Gasteiger partial charge in [0.05, 0.1) is 12.7 Å². The van der Waals surface area contributed by atoms with Crippen LogP contribution in [0.2, 0.25) is 0 Å². The Hall–Kier alpha value is -4.20. The third-order valence-corrected chi connectivity index (χ3v) is 4.96. The number of rotatable bonds is 7. The number of pyridine rings is 1. The average Bonchev–Trinajstić information content (AvgIpc) is 3.27. The zero-order valence-electron chi connectivity index (χ0n) is 18.2. The number of carbonyl (C=O) groups excluding carboxylic acids is 1. The lowest BCUT2D eigenvalue weighted by atomic mass is 10.2. The first kappa shape index (κ1) is 21.0. The van der Waals surface area contributed by atoms with Crippen molar-refractivity contribution in [3.05, 3.63) is 84.2 Å². The first-order valence-corrected chi connectivity index (χ1v) is 10.1. The minimum Gasteiger partial charge on any atom is -0.497 e. The van der Waals surface area contributed by atoms with Crippen LogP contribution in [0.3, 0.4) is 0 Å². The Bertz CT molecular complexity index is 1190. The molecule has 0 unspecified atom stereocenters. The second-order valence-electron chi connectivity index (χ2n) is 7.36. The van der Waals surface area contributed by atoms with Crippen molar-refractivity contribution in [3.8, 4) is 17.1 Å². The number of nitrogens with one attached hydrogen (secondary N) is 1. The van der Waals surface area contributed by atoms with Gasteiger partial charge >= 0.3 is 0 Å². The Morgan fingerprint density at radius 2 is 1.81 bits per heavy atom. The van der Waals surface area contributed by atoms with Crippen molar-refractivity contribution < 1.29 is 9.53 Å². The molecule has 0 spiro atoms. The molecule has 2 aromatic carbocycles. The van der Waals surface area contributed by atoms with E-state index in [1.165, 1.54) is 10.9 Å². The Morgan fingerprint density at radius 3 is 2.44 bits per heavy atom. The van der Waals surface area contributed by atoms with E-state index in [9.17, 15) is 4.79 Å². The summed E-state index contributed by atoms with van der Waals surface area (Å²) in [5.41, 5.74) is 3.38. The highest BCUT2D eigenvalue weighted by Crippen LogP contribution is 2.22. The molecular weight excluding hydrogens is 404 g/mol. The minimum atomic E-state index is -0.309. The van der Waals surface area contributed by atoms with Crippen molar-refractivity contribution in [2.75, 3.05) is 31.4 Å². The highest BCUT2D eigenvalue weighted by Gasteiger charge is 2.19. The molecule has 1 N–H and O–H groups in total. The number of methoxy groups -OCH3 is 1. The van der Waals surface area contributed by atoms with Crippen molar-refractivity contribution >= 4 is 17.5 Å². The minimum absolute atomic E-state index is 0.309. The van der Waals surface area contributed by atoms with E-state index in [-0.39, 0.29) is 5.91 Å². The maximum absolute atomic E-state index is 13.1. The van der Waals surface area contributed by atoms with Crippen LogP contribution in [0.15, 0.2) is 73.1 Å². The van der Waals surface area contributed by atoms with E-state index in [1.807, 2.05) is 67.5 Å². The van der Waals surface area contributed by atoms with E-state index in [2.05, 4.69) is 20.4 Å². The van der Waals surface area contributed by atoms with E-state index in [1.54, 1.807) is 25.4 Å². The first-order chi connectivity index (χ1) is 15.5. The molecule has 0 amide bonds. The summed E-state index contributed by atoms with van der Waals surface area (Å²) in [5.74, 6) is 1.23. The molecular formula is C24H24N6O2. The van der Waals surface area contributed by atoms with Crippen LogP contribution < -0.4 is 15.0 Å². The first-order valence-electron chi connectivity index (χ1n) is 10.1. The van der Waals surface area contributed by atoms with E-state index in [0.717, 1.165) is 22.6 Å². The fourth-order valence-electron chi connectivity index (χ4n) is 3.14. The molecule has 8 heteroatoms. The number of aromatic nitrogens is 4. The topological polar surface area (TPSA) is 85.2 Å². The van der Waals surface area contributed by atoms with Gasteiger partial charge in [-0.1, -0.05) is 12.1 Å². The van der Waals surface area contributed by atoms with E-state index >= 15 is 0 Å². The highest BCUT2D eigenvalue weighted by molar-refractivity contribution is 5.96. The van der Waals surface area contributed by atoms with Crippen LogP contribution in [0.5, 0.6) is 5.75 Å². The summed E-state index contributed by atoms with van der Waals surface area (Å²) in [5, 5.41) is 7.73. The summed E-state index contributed by atoms with van der Waals surface area (Å²) in [6.45, 7) is 0.495. The molecule has 4 aromatic rings. The molecule has 4 rings (SSSR count). The Labute approximate surface area is 186 Å². The lowest BCUT2D eigenvalue weighted by Crippen LogP contribution is -2.17. The molecule has 32 heavy (non-hydrogen) atoms. The summed E-state index contributed by atoms with van der Waals surface area (Å²) in [4.78, 5) is 23.8. The molecule has 8 nitrogen and oxygen atoms in total. The molecule has 0 aliphatic heterocycles. The van der Waals surface area contributed by atoms with Crippen LogP contribution in [0.25, 0.3) is 11.4 Å². The number of benzene rings is 2. The van der Waals surface area contributed by atoms with Crippen LogP contribution in [0, 0.1) is 0 Å². The van der Waals surface area contributed by atoms with Crippen LogP contribution in [0.1, 0.15) is 15.9 Å². The third-order valence-electron chi connectivity index (χ3n) is 4.96. The van der Waals surface area contributed by atoms with Gasteiger partial charge in [0.25, 0.3) is 5.91 Å². The zero-order valence-corrected chi connectivity index (χ0v) is 18.2. The monoisotopic (exact) mass is 428 g/mol. The number of ether oxygens (including phenoxy) is 1. The van der Waals surface area contributed by atoms with Crippen molar-refractivity contribution in [1.82, 2.24) is 19.7 Å². The summed E-state index contributed by atoms with van der Waals surface area (Å²) in [6, 6.07) is 19.0. The number of carbonyl (C=O) groups is 1. The fourth-order valence-corrected chi connectivity index (χ4v) is 3.14. The Morgan fingerprint density at radius 1 is 1.06 bits per heavy atom. The second kappa shape index (κ2) is 9.30. The molecule has 162 valence electrons. The quantitative estimate of drug-likeness (QED) is 0.480. The molecule has 2 heterocycles. The molecule has 0 bridgehead atoms. The van der Waals surface area contributed by atoms with Crippen LogP contribution >= 0.6 is 0 Å². The van der Waals surface area contributed by atoms with Gasteiger partial charge in [-0.2, -0.15) is 9.67 Å². The van der Waals surface area contributed by atoms with Gasteiger partial charge in [-0.25, -0.2) is 0 Å². The number of nitrogens with zero attached hydrogens (tertiary/aromatic N) is 5. The normalized spacial score (nSPS) is 10.6. The predicted molar refractivity (Wildman–Crippen MR) is 124 cm³/mol. The Kier molecular flexibility index (Phi) is 6.12. The van der Waals surface area contributed by atoms with Crippen LogP contribution in [-0.2, 0) is 6.54 Å². The van der Waals surface area contributed by atoms with Crippen LogP contribution in [0.4, 0.5) is 11.6 Å². The van der Waals surface area contributed by atoms with Crippen molar-refractivity contribution in [3.63, 3.8) is 0 Å². The Balaban J connectivity index is 1.63. The molecule has 0 saturated heterocycles. The maximum atomic E-state index is 13.1. The summed E-state index contributed by atoms with van der Waals surface area (Å²) >= 11 is 0. The second-order valence-corrected chi connectivity index (χ2v) is 7.36. The van der Waals surface area contributed by atoms with Gasteiger partial charge in [0.1, 0.15) is 5.75 Å². The van der Waals surface area contributed by atoms with Crippen molar-refractivity contribution in [1.29, 1.82) is 0 Å². The van der Waals surface area contributed by atoms with Crippen molar-refractivity contribution in [2.24, 2.45) is 0 Å². The van der Waals surface area contributed by atoms with Crippen molar-refractivity contribution in [2.45, 2.75) is 6.54 Å². The van der Waals surface area contributed by atoms with Crippen LogP contribution in [-0.4, -0.2) is 46.9 Å². The van der Waals surface area contributed by atoms with Gasteiger partial charge in [0, 0.05) is 44.3 Å². The maximum Gasteiger partial charge on any atom is 0.282 e. The lowest BCUT2D eigenvalue weighted by Gasteiger charge is -2.13. The van der Waals surface area contributed by atoms with Gasteiger partial charge in [-0.15, -0.1) is 5.10 Å². The molecule has 0 aliphatic rings. The number of hydrogen-bond donors (Lipinski definition) is 1. The molecule has 0 saturated carbocycles. The van der Waals surface area contributed by atoms with Gasteiger partial charge in [0.15, 0.2) is 5.82 Å². The standard InChI is InChI=1S/C24H24N6O2/c1-29(2)20-10-6-17(7-11-20)15-26-24-27-22(18-8-12-21(32-3)13-9-18)28-30(24)23(31)19-5-4-14-25-16-19/h4-14,16H,15H2,1-3H3,(H,26,27,28). The fraction of sp³-hybridized carbons (Fsp3) is 0.167. The molecule has 0 fully saturated rings. The molecule has 0 radical (unpaired) electrons. The highest BCUT2D eigenvalue weighted by atomic mass is 16.5. The zero-order chi connectivity index (χ0) is 22.5. The molecule has 0 aliphatic carbocycles. The van der Waals surface area contributed by atoms with Gasteiger partial charge < -0.3 is 15.0 Å². The summed E-state index contributed by atoms with van der Waals surface area (Å²) < 4.78 is 6.50. The number of anilines is 2. The van der Waals surface area contributed by atoms with E-state index in [0.29, 0.717) is 23.9 Å². The SMILES string of the molecule is COc1ccc(-c2nc(NCc3ccc(N(C)C)cc3)n(C(=O)c3cccnc3)n2)cc1. The average molecular weight is 428 g/mol. The lowest BCUT2D eigenvalue weighted by molar-refractivity contribution is 0.0947. The van der Waals surface area contributed by atoms with E-state index in [4.69, 9.17) is 4.74 Å². The smallest absolute Gasteiger partial charge is 0.282 e. The summed E-state index contributed by atoms with van der Waals surface area (Å²) in [7, 11) is 5.61. The van der Waals surface area contributed by atoms with Gasteiger partial charge in [0.2, 0.25) is 5.95 Å². The largest absolute Gasteiger partial charge is 0.497 e. The third kappa shape index (κ3) is 4.59. The predicted octanol–water partition coefficient (Wildman–Crippen LogP) is 3.72. The van der Waals surface area contributed by atoms with Gasteiger partial charge in [-0.05, 0) is 54.1 Å².